The number of amides is 1. The van der Waals surface area contributed by atoms with E-state index in [2.05, 4.69) is 25.5 Å². The molecule has 0 spiro atoms. The Labute approximate surface area is 178 Å². The lowest BCUT2D eigenvalue weighted by atomic mass is 9.73. The van der Waals surface area contributed by atoms with Crippen LogP contribution in [-0.2, 0) is 0 Å². The first-order valence-electron chi connectivity index (χ1n) is 9.98. The van der Waals surface area contributed by atoms with Crippen LogP contribution in [0.3, 0.4) is 0 Å². The maximum atomic E-state index is 12.7. The van der Waals surface area contributed by atoms with E-state index >= 15 is 0 Å². The number of rotatable bonds is 3. The zero-order chi connectivity index (χ0) is 17.5. The van der Waals surface area contributed by atoms with Crippen LogP contribution in [-0.4, -0.2) is 59.0 Å². The fourth-order valence-electron chi connectivity index (χ4n) is 5.42. The number of hydrogen-bond donors (Lipinski definition) is 3. The van der Waals surface area contributed by atoms with Crippen molar-refractivity contribution < 1.29 is 4.79 Å². The third-order valence-corrected chi connectivity index (χ3v) is 6.63. The van der Waals surface area contributed by atoms with E-state index in [4.69, 9.17) is 0 Å². The molecule has 3 aliphatic rings. The molecule has 2 bridgehead atoms. The molecule has 4 atom stereocenters. The Morgan fingerprint density at radius 3 is 2.96 bits per heavy atom. The number of pyridine rings is 1. The van der Waals surface area contributed by atoms with Crippen molar-refractivity contribution in [1.82, 2.24) is 25.5 Å². The molecule has 3 aliphatic heterocycles. The first-order chi connectivity index (χ1) is 12.8. The predicted molar refractivity (Wildman–Crippen MR) is 116 cm³/mol. The minimum Gasteiger partial charge on any atom is -0.349 e. The number of nitrogens with one attached hydrogen (secondary N) is 3. The summed E-state index contributed by atoms with van der Waals surface area (Å²) in [4.78, 5) is 22.8. The highest BCUT2D eigenvalue weighted by molar-refractivity contribution is 5.97. The predicted octanol–water partition coefficient (Wildman–Crippen LogP) is 2.60. The highest BCUT2D eigenvalue weighted by Crippen LogP contribution is 2.38. The maximum absolute atomic E-state index is 12.7. The first-order valence-corrected chi connectivity index (χ1v) is 9.98. The number of carbonyl (C=O) groups excluding carboxylic acids is 1. The van der Waals surface area contributed by atoms with Gasteiger partial charge in [0.2, 0.25) is 0 Å². The molecule has 28 heavy (non-hydrogen) atoms. The molecule has 6 nitrogen and oxygen atoms in total. The Balaban J connectivity index is 0.00000112. The van der Waals surface area contributed by atoms with E-state index in [9.17, 15) is 4.79 Å². The van der Waals surface area contributed by atoms with Gasteiger partial charge in [-0.25, -0.2) is 4.98 Å². The third-order valence-electron chi connectivity index (χ3n) is 6.63. The number of piperidine rings is 3. The number of fused-ring (bicyclic) bond motifs is 5. The number of aromatic nitrogens is 2. The first kappa shape index (κ1) is 21.4. The maximum Gasteiger partial charge on any atom is 0.267 e. The molecular formula is C20H29Cl2N5O. The van der Waals surface area contributed by atoms with Gasteiger partial charge in [-0.1, -0.05) is 6.42 Å². The molecule has 3 N–H and O–H groups in total. The molecule has 154 valence electrons. The summed E-state index contributed by atoms with van der Waals surface area (Å²) < 4.78 is 0. The molecule has 3 saturated heterocycles. The van der Waals surface area contributed by atoms with Crippen molar-refractivity contribution in [3.05, 3.63) is 30.1 Å². The quantitative estimate of drug-likeness (QED) is 0.706. The largest absolute Gasteiger partial charge is 0.349 e. The van der Waals surface area contributed by atoms with E-state index in [1.165, 1.54) is 38.8 Å². The molecule has 5 rings (SSSR count). The van der Waals surface area contributed by atoms with Crippen LogP contribution >= 0.6 is 24.8 Å². The second-order valence-corrected chi connectivity index (χ2v) is 8.12. The highest BCUT2D eigenvalue weighted by atomic mass is 35.5. The van der Waals surface area contributed by atoms with E-state index in [-0.39, 0.29) is 30.7 Å². The summed E-state index contributed by atoms with van der Waals surface area (Å²) in [7, 11) is 0. The standard InChI is InChI=1S/C20H27N5O.2ClH/c26-20(16-9-13-4-3-6-22-19(13)24-16)23-12-18-15-8-14(10-21-11-15)17-5-1-2-7-25(17)18;;/h3-4,6,9,14-15,17-18,21H,1-2,5,7-8,10-12H2,(H,22,24)(H,23,26);2*1H/t14-,15+,17+,18+;;/m1../s1. The fourth-order valence-corrected chi connectivity index (χ4v) is 5.42. The Kier molecular flexibility index (Phi) is 6.86. The summed E-state index contributed by atoms with van der Waals surface area (Å²) in [6.45, 7) is 4.17. The second kappa shape index (κ2) is 8.99. The Bertz CT molecular complexity index is 780. The van der Waals surface area contributed by atoms with Crippen molar-refractivity contribution in [2.45, 2.75) is 37.8 Å². The summed E-state index contributed by atoms with van der Waals surface area (Å²) in [5.41, 5.74) is 1.37. The Morgan fingerprint density at radius 2 is 2.11 bits per heavy atom. The summed E-state index contributed by atoms with van der Waals surface area (Å²) in [5.74, 6) is 1.41. The molecule has 0 unspecified atom stereocenters. The van der Waals surface area contributed by atoms with Gasteiger partial charge in [0.1, 0.15) is 11.3 Å². The summed E-state index contributed by atoms with van der Waals surface area (Å²) >= 11 is 0. The van der Waals surface area contributed by atoms with Gasteiger partial charge in [0.25, 0.3) is 5.91 Å². The average molecular weight is 426 g/mol. The van der Waals surface area contributed by atoms with Crippen LogP contribution in [0.1, 0.15) is 36.2 Å². The molecule has 0 saturated carbocycles. The normalized spacial score (nSPS) is 29.3. The van der Waals surface area contributed by atoms with Gasteiger partial charge < -0.3 is 15.6 Å². The van der Waals surface area contributed by atoms with Gasteiger partial charge in [-0.3, -0.25) is 9.69 Å². The van der Waals surface area contributed by atoms with Crippen LogP contribution in [0.25, 0.3) is 11.0 Å². The van der Waals surface area contributed by atoms with Gasteiger partial charge >= 0.3 is 0 Å². The highest BCUT2D eigenvalue weighted by Gasteiger charge is 2.45. The number of H-pyrrole nitrogens is 1. The zero-order valence-corrected chi connectivity index (χ0v) is 17.5. The van der Waals surface area contributed by atoms with Gasteiger partial charge in [0.05, 0.1) is 0 Å². The van der Waals surface area contributed by atoms with Gasteiger partial charge in [-0.05, 0) is 68.9 Å². The van der Waals surface area contributed by atoms with Gasteiger partial charge in [0.15, 0.2) is 0 Å². The molecule has 0 aliphatic carbocycles. The van der Waals surface area contributed by atoms with Gasteiger partial charge in [-0.2, -0.15) is 0 Å². The lowest BCUT2D eigenvalue weighted by Crippen LogP contribution is -2.65. The van der Waals surface area contributed by atoms with Crippen LogP contribution in [0.2, 0.25) is 0 Å². The van der Waals surface area contributed by atoms with Crippen molar-refractivity contribution in [2.24, 2.45) is 11.8 Å². The number of nitrogens with zero attached hydrogens (tertiary/aromatic N) is 2. The number of halogens is 2. The monoisotopic (exact) mass is 425 g/mol. The zero-order valence-electron chi connectivity index (χ0n) is 15.9. The van der Waals surface area contributed by atoms with Crippen LogP contribution in [0.4, 0.5) is 0 Å². The number of carbonyl (C=O) groups is 1. The van der Waals surface area contributed by atoms with Crippen molar-refractivity contribution in [2.75, 3.05) is 26.2 Å². The molecule has 2 aromatic rings. The molecular weight excluding hydrogens is 397 g/mol. The fraction of sp³-hybridized carbons (Fsp3) is 0.600. The smallest absolute Gasteiger partial charge is 0.267 e. The SMILES string of the molecule is Cl.Cl.O=C(NC[C@H]1[C@@H]2CNC[C@@H](C2)[C@@H]2CCCCN21)c1cc2cccnc2[nH]1. The molecule has 8 heteroatoms. The average Bonchev–Trinajstić information content (AvgIpc) is 3.12. The van der Waals surface area contributed by atoms with E-state index in [1.54, 1.807) is 6.20 Å². The number of aromatic amines is 1. The van der Waals surface area contributed by atoms with Crippen molar-refractivity contribution >= 4 is 41.8 Å². The Morgan fingerprint density at radius 1 is 1.25 bits per heavy atom. The topological polar surface area (TPSA) is 73.1 Å². The van der Waals surface area contributed by atoms with Gasteiger partial charge in [0, 0.05) is 30.2 Å². The van der Waals surface area contributed by atoms with Crippen molar-refractivity contribution in [3.8, 4) is 0 Å². The number of hydrogen-bond acceptors (Lipinski definition) is 4. The minimum atomic E-state index is -0.0255. The van der Waals surface area contributed by atoms with Crippen LogP contribution in [0.5, 0.6) is 0 Å². The van der Waals surface area contributed by atoms with Gasteiger partial charge in [-0.15, -0.1) is 24.8 Å². The summed E-state index contributed by atoms with van der Waals surface area (Å²) in [6.07, 6.45) is 7.01. The lowest BCUT2D eigenvalue weighted by Gasteiger charge is -2.55. The van der Waals surface area contributed by atoms with E-state index in [0.717, 1.165) is 30.0 Å². The van der Waals surface area contributed by atoms with E-state index < -0.39 is 0 Å². The summed E-state index contributed by atoms with van der Waals surface area (Å²) in [6, 6.07) is 6.91. The van der Waals surface area contributed by atoms with Crippen LogP contribution < -0.4 is 10.6 Å². The molecule has 5 heterocycles. The van der Waals surface area contributed by atoms with Crippen molar-refractivity contribution in [1.29, 1.82) is 0 Å². The van der Waals surface area contributed by atoms with Crippen molar-refractivity contribution in [3.63, 3.8) is 0 Å². The third kappa shape index (κ3) is 3.88. The minimum absolute atomic E-state index is 0. The van der Waals surface area contributed by atoms with E-state index in [1.807, 2.05) is 18.2 Å². The second-order valence-electron chi connectivity index (χ2n) is 8.12. The Hall–Kier alpha value is -1.34. The molecule has 0 aromatic carbocycles. The lowest BCUT2D eigenvalue weighted by molar-refractivity contribution is -0.0371. The molecule has 2 aromatic heterocycles. The van der Waals surface area contributed by atoms with Crippen LogP contribution in [0, 0.1) is 11.8 Å². The molecule has 3 fully saturated rings. The van der Waals surface area contributed by atoms with Crippen LogP contribution in [0.15, 0.2) is 24.4 Å². The summed E-state index contributed by atoms with van der Waals surface area (Å²) in [5, 5.41) is 7.81. The molecule has 1 amide bonds. The van der Waals surface area contributed by atoms with E-state index in [0.29, 0.717) is 23.7 Å². The molecule has 0 radical (unpaired) electrons.